The van der Waals surface area contributed by atoms with E-state index in [1.54, 1.807) is 0 Å². The fourth-order valence-electron chi connectivity index (χ4n) is 2.07. The van der Waals surface area contributed by atoms with Gasteiger partial charge in [-0.25, -0.2) is 4.79 Å². The summed E-state index contributed by atoms with van der Waals surface area (Å²) in [6, 6.07) is 1.81. The van der Waals surface area contributed by atoms with Crippen molar-refractivity contribution in [3.05, 3.63) is 17.5 Å². The molecular formula is C12H20N4O2. The summed E-state index contributed by atoms with van der Waals surface area (Å²) in [5, 5.41) is 4.28. The fourth-order valence-corrected chi connectivity index (χ4v) is 2.07. The van der Waals surface area contributed by atoms with Gasteiger partial charge in [0.05, 0.1) is 18.3 Å². The first-order chi connectivity index (χ1) is 8.60. The third kappa shape index (κ3) is 2.88. The number of nitrogens with zero attached hydrogens (tertiary/aromatic N) is 3. The van der Waals surface area contributed by atoms with Crippen molar-refractivity contribution in [1.29, 1.82) is 0 Å². The highest BCUT2D eigenvalue weighted by molar-refractivity contribution is 5.87. The Morgan fingerprint density at radius 3 is 3.00 bits per heavy atom. The van der Waals surface area contributed by atoms with E-state index < -0.39 is 0 Å². The monoisotopic (exact) mass is 252 g/mol. The van der Waals surface area contributed by atoms with E-state index in [0.717, 1.165) is 31.9 Å². The molecule has 6 heteroatoms. The van der Waals surface area contributed by atoms with Gasteiger partial charge in [0.1, 0.15) is 0 Å². The fraction of sp³-hybridized carbons (Fsp3) is 0.667. The molecule has 0 saturated carbocycles. The first kappa shape index (κ1) is 13.0. The van der Waals surface area contributed by atoms with Crippen LogP contribution in [0.25, 0.3) is 0 Å². The number of rotatable bonds is 4. The van der Waals surface area contributed by atoms with Crippen LogP contribution in [-0.4, -0.2) is 46.4 Å². The molecule has 1 aliphatic rings. The lowest BCUT2D eigenvalue weighted by molar-refractivity contribution is 0.0369. The maximum atomic E-state index is 11.7. The molecule has 1 aliphatic heterocycles. The molecule has 0 bridgehead atoms. The standard InChI is InChI=1S/C12H20N4O2/c1-9(2)18-12(17)11-7-10-8-15(4-3-13)5-6-16(10)14-11/h7,9H,3-6,8,13H2,1-2H3. The van der Waals surface area contributed by atoms with E-state index in [1.165, 1.54) is 0 Å². The van der Waals surface area contributed by atoms with Gasteiger partial charge in [0.25, 0.3) is 0 Å². The van der Waals surface area contributed by atoms with Crippen molar-refractivity contribution in [3.63, 3.8) is 0 Å². The Labute approximate surface area is 107 Å². The van der Waals surface area contributed by atoms with Crippen LogP contribution in [-0.2, 0) is 17.8 Å². The van der Waals surface area contributed by atoms with Gasteiger partial charge in [-0.15, -0.1) is 0 Å². The molecule has 18 heavy (non-hydrogen) atoms. The Balaban J connectivity index is 2.07. The molecule has 2 rings (SSSR count). The van der Waals surface area contributed by atoms with Crippen molar-refractivity contribution < 1.29 is 9.53 Å². The van der Waals surface area contributed by atoms with E-state index in [-0.39, 0.29) is 12.1 Å². The smallest absolute Gasteiger partial charge is 0.359 e. The summed E-state index contributed by atoms with van der Waals surface area (Å²) >= 11 is 0. The lowest BCUT2D eigenvalue weighted by Gasteiger charge is -2.26. The van der Waals surface area contributed by atoms with E-state index in [9.17, 15) is 4.79 Å². The predicted octanol–water partition coefficient (Wildman–Crippen LogP) is 0.223. The van der Waals surface area contributed by atoms with Gasteiger partial charge in [-0.2, -0.15) is 5.10 Å². The number of carbonyl (C=O) groups excluding carboxylic acids is 1. The Bertz CT molecular complexity index is 428. The van der Waals surface area contributed by atoms with Gasteiger partial charge in [0.2, 0.25) is 0 Å². The number of aromatic nitrogens is 2. The van der Waals surface area contributed by atoms with Crippen LogP contribution in [0.3, 0.4) is 0 Å². The van der Waals surface area contributed by atoms with Gasteiger partial charge in [-0.3, -0.25) is 9.58 Å². The second-order valence-corrected chi connectivity index (χ2v) is 4.76. The molecule has 0 amide bonds. The van der Waals surface area contributed by atoms with Crippen molar-refractivity contribution in [1.82, 2.24) is 14.7 Å². The number of esters is 1. The van der Waals surface area contributed by atoms with Gasteiger partial charge in [-0.1, -0.05) is 0 Å². The molecule has 100 valence electrons. The molecule has 0 spiro atoms. The summed E-state index contributed by atoms with van der Waals surface area (Å²) < 4.78 is 7.02. The van der Waals surface area contributed by atoms with Crippen LogP contribution >= 0.6 is 0 Å². The zero-order valence-corrected chi connectivity index (χ0v) is 10.9. The molecule has 1 aromatic rings. The second kappa shape index (κ2) is 5.49. The Hall–Kier alpha value is -1.40. The number of ether oxygens (including phenoxy) is 1. The highest BCUT2D eigenvalue weighted by atomic mass is 16.5. The Morgan fingerprint density at radius 1 is 1.56 bits per heavy atom. The van der Waals surface area contributed by atoms with Crippen molar-refractivity contribution in [3.8, 4) is 0 Å². The zero-order valence-electron chi connectivity index (χ0n) is 10.9. The van der Waals surface area contributed by atoms with Gasteiger partial charge < -0.3 is 10.5 Å². The normalized spacial score (nSPS) is 15.8. The quantitative estimate of drug-likeness (QED) is 0.776. The van der Waals surface area contributed by atoms with Gasteiger partial charge in [0, 0.05) is 26.2 Å². The lowest BCUT2D eigenvalue weighted by atomic mass is 10.3. The number of nitrogens with two attached hydrogens (primary N) is 1. The molecule has 0 aliphatic carbocycles. The molecule has 2 N–H and O–H groups in total. The van der Waals surface area contributed by atoms with Gasteiger partial charge in [-0.05, 0) is 19.9 Å². The largest absolute Gasteiger partial charge is 0.458 e. The van der Waals surface area contributed by atoms with Crippen LogP contribution < -0.4 is 5.73 Å². The van der Waals surface area contributed by atoms with Crippen LogP contribution in [0.1, 0.15) is 30.0 Å². The number of carbonyl (C=O) groups is 1. The molecule has 2 heterocycles. The van der Waals surface area contributed by atoms with Crippen LogP contribution in [0.4, 0.5) is 0 Å². The summed E-state index contributed by atoms with van der Waals surface area (Å²) in [5.41, 5.74) is 6.99. The summed E-state index contributed by atoms with van der Waals surface area (Å²) in [5.74, 6) is -0.350. The third-order valence-electron chi connectivity index (χ3n) is 2.87. The molecule has 0 saturated heterocycles. The van der Waals surface area contributed by atoms with Crippen molar-refractivity contribution in [2.45, 2.75) is 33.0 Å². The second-order valence-electron chi connectivity index (χ2n) is 4.76. The van der Waals surface area contributed by atoms with Crippen molar-refractivity contribution >= 4 is 5.97 Å². The topological polar surface area (TPSA) is 73.4 Å². The number of hydrogen-bond donors (Lipinski definition) is 1. The first-order valence-corrected chi connectivity index (χ1v) is 6.30. The zero-order chi connectivity index (χ0) is 13.1. The highest BCUT2D eigenvalue weighted by Crippen LogP contribution is 2.14. The van der Waals surface area contributed by atoms with Crippen molar-refractivity contribution in [2.24, 2.45) is 5.73 Å². The molecule has 6 nitrogen and oxygen atoms in total. The molecular weight excluding hydrogens is 232 g/mol. The average Bonchev–Trinajstić information content (AvgIpc) is 2.71. The molecule has 1 aromatic heterocycles. The maximum absolute atomic E-state index is 11.7. The van der Waals surface area contributed by atoms with E-state index >= 15 is 0 Å². The maximum Gasteiger partial charge on any atom is 0.359 e. The van der Waals surface area contributed by atoms with E-state index in [4.69, 9.17) is 10.5 Å². The van der Waals surface area contributed by atoms with Crippen LogP contribution in [0, 0.1) is 0 Å². The average molecular weight is 252 g/mol. The number of fused-ring (bicyclic) bond motifs is 1. The molecule has 0 aromatic carbocycles. The van der Waals surface area contributed by atoms with E-state index in [2.05, 4.69) is 10.00 Å². The Morgan fingerprint density at radius 2 is 2.33 bits per heavy atom. The SMILES string of the molecule is CC(C)OC(=O)c1cc2n(n1)CCN(CCN)C2. The third-order valence-corrected chi connectivity index (χ3v) is 2.87. The molecule has 0 fully saturated rings. The molecule has 0 radical (unpaired) electrons. The lowest BCUT2D eigenvalue weighted by Crippen LogP contribution is -2.36. The van der Waals surface area contributed by atoms with Crippen LogP contribution in [0.2, 0.25) is 0 Å². The number of hydrogen-bond acceptors (Lipinski definition) is 5. The van der Waals surface area contributed by atoms with E-state index in [1.807, 2.05) is 24.6 Å². The summed E-state index contributed by atoms with van der Waals surface area (Å²) in [4.78, 5) is 14.0. The summed E-state index contributed by atoms with van der Waals surface area (Å²) in [6.45, 7) is 7.69. The van der Waals surface area contributed by atoms with Gasteiger partial charge >= 0.3 is 5.97 Å². The first-order valence-electron chi connectivity index (χ1n) is 6.30. The van der Waals surface area contributed by atoms with E-state index in [0.29, 0.717) is 12.2 Å². The van der Waals surface area contributed by atoms with Gasteiger partial charge in [0.15, 0.2) is 5.69 Å². The van der Waals surface area contributed by atoms with Crippen LogP contribution in [0.5, 0.6) is 0 Å². The van der Waals surface area contributed by atoms with Crippen molar-refractivity contribution in [2.75, 3.05) is 19.6 Å². The molecule has 0 unspecified atom stereocenters. The summed E-state index contributed by atoms with van der Waals surface area (Å²) in [6.07, 6.45) is -0.120. The minimum absolute atomic E-state index is 0.120. The van der Waals surface area contributed by atoms with Crippen LogP contribution in [0.15, 0.2) is 6.07 Å². The predicted molar refractivity (Wildman–Crippen MR) is 67.1 cm³/mol. The Kier molecular flexibility index (Phi) is 3.98. The summed E-state index contributed by atoms with van der Waals surface area (Å²) in [7, 11) is 0. The molecule has 0 atom stereocenters. The highest BCUT2D eigenvalue weighted by Gasteiger charge is 2.21. The minimum Gasteiger partial charge on any atom is -0.458 e. The minimum atomic E-state index is -0.350.